The number of halogens is 2. The van der Waals surface area contributed by atoms with Crippen molar-refractivity contribution in [1.82, 2.24) is 5.32 Å². The molecular formula is C25H26Cl2N2O3S. The molecule has 0 aliphatic heterocycles. The Morgan fingerprint density at radius 3 is 2.12 bits per heavy atom. The molecule has 1 amide bonds. The molecule has 0 saturated carbocycles. The van der Waals surface area contributed by atoms with Crippen LogP contribution in [0.25, 0.3) is 0 Å². The molecule has 3 aromatic rings. The maximum atomic E-state index is 13.5. The van der Waals surface area contributed by atoms with Gasteiger partial charge in [0, 0.05) is 0 Å². The van der Waals surface area contributed by atoms with Crippen molar-refractivity contribution in [3.8, 4) is 0 Å². The van der Waals surface area contributed by atoms with E-state index in [9.17, 15) is 13.2 Å². The number of hydrogen-bond donors (Lipinski definition) is 1. The van der Waals surface area contributed by atoms with Crippen molar-refractivity contribution in [3.05, 3.63) is 94.5 Å². The number of sulfonamides is 1. The standard InChI is InChI=1S/C25H26Cl2N2O3S/c1-18(2)16-22(19-10-5-3-6-11-19)28-24(30)17-29(23-15-9-14-21(26)25(23)27)33(31,32)20-12-7-4-8-13-20/h3-15,18,22H,16-17H2,1-2H3,(H,28,30). The average Bonchev–Trinajstić information content (AvgIpc) is 2.80. The van der Waals surface area contributed by atoms with E-state index in [4.69, 9.17) is 23.2 Å². The van der Waals surface area contributed by atoms with Gasteiger partial charge in [-0.05, 0) is 42.2 Å². The van der Waals surface area contributed by atoms with Crippen LogP contribution in [-0.4, -0.2) is 20.9 Å². The second kappa shape index (κ2) is 11.1. The molecule has 0 spiro atoms. The van der Waals surface area contributed by atoms with Gasteiger partial charge >= 0.3 is 0 Å². The predicted octanol–water partition coefficient (Wildman–Crippen LogP) is 6.09. The van der Waals surface area contributed by atoms with Gasteiger partial charge in [-0.3, -0.25) is 9.10 Å². The van der Waals surface area contributed by atoms with E-state index in [0.717, 1.165) is 9.87 Å². The lowest BCUT2D eigenvalue weighted by Gasteiger charge is -2.27. The second-order valence-corrected chi connectivity index (χ2v) is 10.7. The summed E-state index contributed by atoms with van der Waals surface area (Å²) in [4.78, 5) is 13.2. The highest BCUT2D eigenvalue weighted by Crippen LogP contribution is 2.35. The van der Waals surface area contributed by atoms with Crippen LogP contribution in [0, 0.1) is 5.92 Å². The van der Waals surface area contributed by atoms with Crippen LogP contribution in [-0.2, 0) is 14.8 Å². The summed E-state index contributed by atoms with van der Waals surface area (Å²) in [6.07, 6.45) is 0.707. The summed E-state index contributed by atoms with van der Waals surface area (Å²) in [6.45, 7) is 3.69. The molecule has 0 fully saturated rings. The Labute approximate surface area is 205 Å². The quantitative estimate of drug-likeness (QED) is 0.383. The minimum atomic E-state index is -4.08. The third kappa shape index (κ3) is 6.28. The molecule has 174 valence electrons. The highest BCUT2D eigenvalue weighted by Gasteiger charge is 2.30. The molecule has 8 heteroatoms. The maximum absolute atomic E-state index is 13.5. The van der Waals surface area contributed by atoms with Crippen LogP contribution in [0.15, 0.2) is 83.8 Å². The second-order valence-electron chi connectivity index (χ2n) is 8.06. The SMILES string of the molecule is CC(C)CC(NC(=O)CN(c1cccc(Cl)c1Cl)S(=O)(=O)c1ccccc1)c1ccccc1. The summed E-state index contributed by atoms with van der Waals surface area (Å²) in [5.41, 5.74) is 1.10. The van der Waals surface area contributed by atoms with E-state index in [0.29, 0.717) is 12.3 Å². The fraction of sp³-hybridized carbons (Fsp3) is 0.240. The number of rotatable bonds is 9. The first-order valence-electron chi connectivity index (χ1n) is 10.6. The van der Waals surface area contributed by atoms with Gasteiger partial charge in [0.05, 0.1) is 26.7 Å². The fourth-order valence-corrected chi connectivity index (χ4v) is 5.41. The monoisotopic (exact) mass is 504 g/mol. The zero-order chi connectivity index (χ0) is 24.0. The van der Waals surface area contributed by atoms with Crippen LogP contribution in [0.5, 0.6) is 0 Å². The summed E-state index contributed by atoms with van der Waals surface area (Å²) < 4.78 is 28.0. The largest absolute Gasteiger partial charge is 0.348 e. The first kappa shape index (κ1) is 25.1. The molecule has 0 bridgehead atoms. The Morgan fingerprint density at radius 2 is 1.52 bits per heavy atom. The molecule has 1 N–H and O–H groups in total. The summed E-state index contributed by atoms with van der Waals surface area (Å²) in [7, 11) is -4.08. The first-order valence-corrected chi connectivity index (χ1v) is 12.8. The van der Waals surface area contributed by atoms with Crippen molar-refractivity contribution in [2.24, 2.45) is 5.92 Å². The molecule has 0 heterocycles. The highest BCUT2D eigenvalue weighted by atomic mass is 35.5. The van der Waals surface area contributed by atoms with Crippen molar-refractivity contribution >= 4 is 44.8 Å². The molecule has 0 aliphatic carbocycles. The van der Waals surface area contributed by atoms with E-state index in [1.54, 1.807) is 30.3 Å². The molecule has 1 atom stereocenters. The van der Waals surface area contributed by atoms with Gasteiger partial charge in [0.1, 0.15) is 6.54 Å². The van der Waals surface area contributed by atoms with Gasteiger partial charge in [-0.25, -0.2) is 8.42 Å². The van der Waals surface area contributed by atoms with Crippen LogP contribution < -0.4 is 9.62 Å². The lowest BCUT2D eigenvalue weighted by Crippen LogP contribution is -2.42. The van der Waals surface area contributed by atoms with Gasteiger partial charge in [0.2, 0.25) is 5.91 Å². The minimum Gasteiger partial charge on any atom is -0.348 e. The summed E-state index contributed by atoms with van der Waals surface area (Å²) in [5, 5.41) is 3.26. The Bertz CT molecular complexity index is 1190. The number of carbonyl (C=O) groups excluding carboxylic acids is 1. The summed E-state index contributed by atoms with van der Waals surface area (Å²) in [6, 6.07) is 22.0. The van der Waals surface area contributed by atoms with E-state index < -0.39 is 22.5 Å². The summed E-state index contributed by atoms with van der Waals surface area (Å²) in [5.74, 6) is -0.123. The van der Waals surface area contributed by atoms with Gasteiger partial charge in [0.25, 0.3) is 10.0 Å². The number of nitrogens with zero attached hydrogens (tertiary/aromatic N) is 1. The molecular weight excluding hydrogens is 479 g/mol. The number of nitrogens with one attached hydrogen (secondary N) is 1. The fourth-order valence-electron chi connectivity index (χ4n) is 3.51. The minimum absolute atomic E-state index is 0.0515. The molecule has 33 heavy (non-hydrogen) atoms. The molecule has 0 aromatic heterocycles. The zero-order valence-electron chi connectivity index (χ0n) is 18.4. The first-order chi connectivity index (χ1) is 15.7. The van der Waals surface area contributed by atoms with Crippen molar-refractivity contribution in [1.29, 1.82) is 0 Å². The van der Waals surface area contributed by atoms with E-state index in [-0.39, 0.29) is 26.7 Å². The summed E-state index contributed by atoms with van der Waals surface area (Å²) >= 11 is 12.5. The van der Waals surface area contributed by atoms with Crippen molar-refractivity contribution in [3.63, 3.8) is 0 Å². The van der Waals surface area contributed by atoms with Gasteiger partial charge in [-0.1, -0.05) is 91.6 Å². The maximum Gasteiger partial charge on any atom is 0.264 e. The van der Waals surface area contributed by atoms with Crippen LogP contribution in [0.1, 0.15) is 31.9 Å². The van der Waals surface area contributed by atoms with E-state index in [2.05, 4.69) is 19.2 Å². The number of benzene rings is 3. The molecule has 5 nitrogen and oxygen atoms in total. The molecule has 3 aromatic carbocycles. The predicted molar refractivity (Wildman–Crippen MR) is 134 cm³/mol. The number of anilines is 1. The Balaban J connectivity index is 1.96. The smallest absolute Gasteiger partial charge is 0.264 e. The van der Waals surface area contributed by atoms with Crippen molar-refractivity contribution in [2.75, 3.05) is 10.8 Å². The van der Waals surface area contributed by atoms with E-state index in [1.165, 1.54) is 18.2 Å². The van der Waals surface area contributed by atoms with Crippen molar-refractivity contribution in [2.45, 2.75) is 31.2 Å². The van der Waals surface area contributed by atoms with Crippen LogP contribution in [0.4, 0.5) is 5.69 Å². The normalized spacial score (nSPS) is 12.4. The lowest BCUT2D eigenvalue weighted by atomic mass is 9.97. The third-order valence-electron chi connectivity index (χ3n) is 5.06. The number of hydrogen-bond acceptors (Lipinski definition) is 3. The number of carbonyl (C=O) groups is 1. The van der Waals surface area contributed by atoms with Crippen molar-refractivity contribution < 1.29 is 13.2 Å². The van der Waals surface area contributed by atoms with E-state index >= 15 is 0 Å². The van der Waals surface area contributed by atoms with E-state index in [1.807, 2.05) is 30.3 Å². The Hall–Kier alpha value is -2.54. The van der Waals surface area contributed by atoms with Gasteiger partial charge in [0.15, 0.2) is 0 Å². The van der Waals surface area contributed by atoms with Crippen LogP contribution in [0.3, 0.4) is 0 Å². The average molecular weight is 505 g/mol. The topological polar surface area (TPSA) is 66.5 Å². The van der Waals surface area contributed by atoms with Gasteiger partial charge in [-0.2, -0.15) is 0 Å². The Kier molecular flexibility index (Phi) is 8.40. The zero-order valence-corrected chi connectivity index (χ0v) is 20.7. The Morgan fingerprint density at radius 1 is 0.909 bits per heavy atom. The van der Waals surface area contributed by atoms with Crippen LogP contribution >= 0.6 is 23.2 Å². The molecule has 0 saturated heterocycles. The van der Waals surface area contributed by atoms with Gasteiger partial charge < -0.3 is 5.32 Å². The van der Waals surface area contributed by atoms with Gasteiger partial charge in [-0.15, -0.1) is 0 Å². The molecule has 0 aliphatic rings. The molecule has 1 unspecified atom stereocenters. The molecule has 3 rings (SSSR count). The molecule has 0 radical (unpaired) electrons. The van der Waals surface area contributed by atoms with Crippen LogP contribution in [0.2, 0.25) is 10.0 Å². The highest BCUT2D eigenvalue weighted by molar-refractivity contribution is 7.92. The third-order valence-corrected chi connectivity index (χ3v) is 7.65. The lowest BCUT2D eigenvalue weighted by molar-refractivity contribution is -0.120. The number of amides is 1.